The third-order valence-electron chi connectivity index (χ3n) is 1.98. The van der Waals surface area contributed by atoms with E-state index in [1.54, 1.807) is 0 Å². The number of carbonyl (C=O) groups excluding carboxylic acids is 1. The van der Waals surface area contributed by atoms with Crippen LogP contribution in [0.5, 0.6) is 0 Å². The highest BCUT2D eigenvalue weighted by Crippen LogP contribution is 2.04. The molecule has 4 heteroatoms. The van der Waals surface area contributed by atoms with Crippen LogP contribution in [0.1, 0.15) is 53.9 Å². The van der Waals surface area contributed by atoms with E-state index in [0.29, 0.717) is 6.47 Å². The topological polar surface area (TPSA) is 55.6 Å². The van der Waals surface area contributed by atoms with Crippen LogP contribution in [0.3, 0.4) is 0 Å². The lowest BCUT2D eigenvalue weighted by Gasteiger charge is -2.20. The molecular weight excluding hydrogens is 228 g/mol. The van der Waals surface area contributed by atoms with Crippen molar-refractivity contribution in [3.63, 3.8) is 0 Å². The van der Waals surface area contributed by atoms with Crippen LogP contribution in [0.4, 0.5) is 0 Å². The van der Waals surface area contributed by atoms with Gasteiger partial charge in [-0.3, -0.25) is 4.79 Å². The summed E-state index contributed by atoms with van der Waals surface area (Å²) in [6.07, 6.45) is 4.28. The van der Waals surface area contributed by atoms with Crippen LogP contribution in [0, 0.1) is 0 Å². The van der Waals surface area contributed by atoms with Gasteiger partial charge in [-0.2, -0.15) is 0 Å². The molecule has 0 unspecified atom stereocenters. The van der Waals surface area contributed by atoms with Crippen LogP contribution in [0.15, 0.2) is 0 Å². The Morgan fingerprint density at radius 1 is 1.06 bits per heavy atom. The van der Waals surface area contributed by atoms with Crippen LogP contribution >= 0.6 is 0 Å². The second kappa shape index (κ2) is 16.4. The van der Waals surface area contributed by atoms with E-state index in [0.717, 1.165) is 0 Å². The van der Waals surface area contributed by atoms with Gasteiger partial charge in [-0.05, 0) is 60.8 Å². The molecule has 0 aromatic carbocycles. The minimum Gasteiger partial charge on any atom is -0.462 e. The molecule has 1 aliphatic rings. The number of hydrogen-bond acceptors (Lipinski definition) is 4. The molecule has 112 valence electrons. The van der Waals surface area contributed by atoms with Gasteiger partial charge < -0.3 is 15.4 Å². The highest BCUT2D eigenvalue weighted by molar-refractivity contribution is 5.37. The summed E-state index contributed by atoms with van der Waals surface area (Å²) in [6, 6.07) is 0. The normalized spacial score (nSPS) is 14.7. The van der Waals surface area contributed by atoms with Crippen molar-refractivity contribution >= 4 is 6.47 Å². The number of carbonyl (C=O) groups is 1. The first-order valence-electron chi connectivity index (χ1n) is 6.83. The molecule has 0 radical (unpaired) electrons. The van der Waals surface area contributed by atoms with Crippen molar-refractivity contribution in [3.8, 4) is 0 Å². The molecule has 0 amide bonds. The second-order valence-corrected chi connectivity index (χ2v) is 4.69. The number of ether oxygens (including phenoxy) is 1. The number of nitrogens with zero attached hydrogens (tertiary/aromatic N) is 1. The molecule has 1 rings (SSSR count). The molecule has 0 atom stereocenters. The van der Waals surface area contributed by atoms with E-state index >= 15 is 0 Å². The lowest BCUT2D eigenvalue weighted by Crippen LogP contribution is -2.24. The smallest absolute Gasteiger partial charge is 0.293 e. The summed E-state index contributed by atoms with van der Waals surface area (Å²) in [5, 5.41) is 0. The standard InChI is InChI=1S/C6H13N.C5H10O2.C2H6.CH5N/c1-7-5-3-2-4-6-7;1-5(2,3)7-4-6;2*1-2/h2-6H2,1H3;4H,1-3H3;1-2H3;2H2,1H3. The number of likely N-dealkylation sites (tertiary alicyclic amines) is 1. The highest BCUT2D eigenvalue weighted by Gasteiger charge is 2.07. The first-order valence-corrected chi connectivity index (χ1v) is 6.83. The monoisotopic (exact) mass is 262 g/mol. The maximum atomic E-state index is 9.60. The van der Waals surface area contributed by atoms with Crippen LogP contribution in [0.2, 0.25) is 0 Å². The minimum absolute atomic E-state index is 0.318. The fraction of sp³-hybridized carbons (Fsp3) is 0.929. The summed E-state index contributed by atoms with van der Waals surface area (Å²) in [4.78, 5) is 12.0. The SMILES string of the molecule is CC.CC(C)(C)OC=O.CN.CN1CCCCC1. The minimum atomic E-state index is -0.318. The third kappa shape index (κ3) is 24.6. The second-order valence-electron chi connectivity index (χ2n) is 4.69. The van der Waals surface area contributed by atoms with Crippen LogP contribution < -0.4 is 5.73 Å². The Kier molecular flexibility index (Phi) is 20.5. The van der Waals surface area contributed by atoms with Gasteiger partial charge in [0.05, 0.1) is 0 Å². The Morgan fingerprint density at radius 2 is 1.44 bits per heavy atom. The quantitative estimate of drug-likeness (QED) is 0.738. The molecule has 0 aromatic heterocycles. The highest BCUT2D eigenvalue weighted by atomic mass is 16.5. The van der Waals surface area contributed by atoms with E-state index in [4.69, 9.17) is 0 Å². The van der Waals surface area contributed by atoms with E-state index in [9.17, 15) is 4.79 Å². The van der Waals surface area contributed by atoms with Crippen molar-refractivity contribution in [3.05, 3.63) is 0 Å². The van der Waals surface area contributed by atoms with Gasteiger partial charge in [0.2, 0.25) is 0 Å². The molecule has 1 fully saturated rings. The lowest BCUT2D eigenvalue weighted by atomic mass is 10.1. The van der Waals surface area contributed by atoms with Gasteiger partial charge >= 0.3 is 0 Å². The van der Waals surface area contributed by atoms with Crippen molar-refractivity contribution < 1.29 is 9.53 Å². The first-order chi connectivity index (χ1) is 8.45. The van der Waals surface area contributed by atoms with E-state index in [2.05, 4.69) is 22.4 Å². The van der Waals surface area contributed by atoms with E-state index in [-0.39, 0.29) is 5.60 Å². The summed E-state index contributed by atoms with van der Waals surface area (Å²) >= 11 is 0. The van der Waals surface area contributed by atoms with E-state index in [1.807, 2.05) is 34.6 Å². The Balaban J connectivity index is -0.000000196. The average molecular weight is 262 g/mol. The van der Waals surface area contributed by atoms with Crippen molar-refractivity contribution in [1.82, 2.24) is 4.90 Å². The zero-order valence-corrected chi connectivity index (χ0v) is 13.5. The number of rotatable bonds is 1. The van der Waals surface area contributed by atoms with Gasteiger partial charge in [-0.1, -0.05) is 20.3 Å². The summed E-state index contributed by atoms with van der Waals surface area (Å²) in [5.74, 6) is 0. The van der Waals surface area contributed by atoms with Crippen molar-refractivity contribution in [2.45, 2.75) is 59.5 Å². The molecule has 0 aromatic rings. The number of hydrogen-bond donors (Lipinski definition) is 1. The van der Waals surface area contributed by atoms with Gasteiger partial charge in [0.1, 0.15) is 5.60 Å². The first kappa shape index (κ1) is 22.6. The molecule has 1 heterocycles. The molecule has 4 nitrogen and oxygen atoms in total. The fourth-order valence-corrected chi connectivity index (χ4v) is 1.20. The molecule has 0 aliphatic carbocycles. The largest absolute Gasteiger partial charge is 0.462 e. The average Bonchev–Trinajstić information content (AvgIpc) is 2.34. The number of nitrogens with two attached hydrogens (primary N) is 1. The van der Waals surface area contributed by atoms with Crippen molar-refractivity contribution in [2.75, 3.05) is 27.2 Å². The third-order valence-corrected chi connectivity index (χ3v) is 1.98. The Morgan fingerprint density at radius 3 is 1.56 bits per heavy atom. The predicted molar refractivity (Wildman–Crippen MR) is 79.7 cm³/mol. The molecule has 18 heavy (non-hydrogen) atoms. The van der Waals surface area contributed by atoms with Crippen LogP contribution in [-0.4, -0.2) is 44.2 Å². The summed E-state index contributed by atoms with van der Waals surface area (Å²) in [6.45, 7) is 12.6. The van der Waals surface area contributed by atoms with Gasteiger partial charge in [0, 0.05) is 0 Å². The molecule has 2 N–H and O–H groups in total. The van der Waals surface area contributed by atoms with Gasteiger partial charge in [-0.25, -0.2) is 0 Å². The fourth-order valence-electron chi connectivity index (χ4n) is 1.20. The summed E-state index contributed by atoms with van der Waals surface area (Å²) < 4.78 is 4.55. The molecule has 1 aliphatic heterocycles. The molecule has 0 spiro atoms. The van der Waals surface area contributed by atoms with Crippen molar-refractivity contribution in [2.24, 2.45) is 5.73 Å². The van der Waals surface area contributed by atoms with Crippen LogP contribution in [0.25, 0.3) is 0 Å². The van der Waals surface area contributed by atoms with Gasteiger partial charge in [0.15, 0.2) is 0 Å². The molecule has 0 bridgehead atoms. The van der Waals surface area contributed by atoms with Gasteiger partial charge in [-0.15, -0.1) is 0 Å². The Hall–Kier alpha value is -0.610. The van der Waals surface area contributed by atoms with Gasteiger partial charge in [0.25, 0.3) is 6.47 Å². The molecular formula is C14H34N2O2. The molecule has 0 saturated carbocycles. The Bertz CT molecular complexity index is 150. The van der Waals surface area contributed by atoms with Crippen LogP contribution in [-0.2, 0) is 9.53 Å². The number of piperidine rings is 1. The zero-order chi connectivity index (χ0) is 15.0. The summed E-state index contributed by atoms with van der Waals surface area (Å²) in [5.41, 5.74) is 4.18. The predicted octanol–water partition coefficient (Wildman–Crippen LogP) is 2.66. The van der Waals surface area contributed by atoms with E-state index < -0.39 is 0 Å². The maximum absolute atomic E-state index is 9.60. The maximum Gasteiger partial charge on any atom is 0.293 e. The zero-order valence-electron chi connectivity index (χ0n) is 13.5. The summed E-state index contributed by atoms with van der Waals surface area (Å²) in [7, 11) is 3.69. The lowest BCUT2D eigenvalue weighted by molar-refractivity contribution is -0.138. The van der Waals surface area contributed by atoms with Crippen molar-refractivity contribution in [1.29, 1.82) is 0 Å². The van der Waals surface area contributed by atoms with E-state index in [1.165, 1.54) is 39.4 Å². The molecule has 1 saturated heterocycles. The Labute approximate surface area is 114 Å².